The molecule has 0 spiro atoms. The van der Waals surface area contributed by atoms with Gasteiger partial charge in [-0.05, 0) is 35.2 Å². The van der Waals surface area contributed by atoms with Crippen LogP contribution in [0.5, 0.6) is 0 Å². The first-order valence-corrected chi connectivity index (χ1v) is 8.98. The Morgan fingerprint density at radius 2 is 2.11 bits per heavy atom. The predicted molar refractivity (Wildman–Crippen MR) is 98.8 cm³/mol. The van der Waals surface area contributed by atoms with Crippen LogP contribution in [0.25, 0.3) is 16.1 Å². The van der Waals surface area contributed by atoms with Crippen molar-refractivity contribution in [3.05, 3.63) is 75.9 Å². The van der Waals surface area contributed by atoms with Gasteiger partial charge in [0.1, 0.15) is 29.9 Å². The molecule has 9 heteroatoms. The molecule has 4 rings (SSSR count). The van der Waals surface area contributed by atoms with E-state index in [-0.39, 0.29) is 18.9 Å². The van der Waals surface area contributed by atoms with Crippen LogP contribution in [0.1, 0.15) is 5.56 Å². The van der Waals surface area contributed by atoms with Crippen LogP contribution in [0, 0.1) is 5.82 Å². The summed E-state index contributed by atoms with van der Waals surface area (Å²) in [5.74, 6) is -0.761. The monoisotopic (exact) mass is 383 g/mol. The number of hydrogen-bond donors (Lipinski definition) is 1. The molecule has 0 bridgehead atoms. The van der Waals surface area contributed by atoms with Gasteiger partial charge in [-0.1, -0.05) is 18.2 Å². The average Bonchev–Trinajstić information content (AvgIpc) is 3.32. The van der Waals surface area contributed by atoms with Gasteiger partial charge >= 0.3 is 0 Å². The number of fused-ring (bicyclic) bond motifs is 1. The maximum absolute atomic E-state index is 13.2. The summed E-state index contributed by atoms with van der Waals surface area (Å²) in [6, 6.07) is 11.5. The lowest BCUT2D eigenvalue weighted by atomic mass is 10.2. The number of hydrogen-bond acceptors (Lipinski definition) is 5. The average molecular weight is 383 g/mol. The normalized spacial score (nSPS) is 11.0. The molecule has 0 unspecified atom stereocenters. The van der Waals surface area contributed by atoms with E-state index in [9.17, 15) is 14.0 Å². The third-order valence-corrected chi connectivity index (χ3v) is 4.83. The van der Waals surface area contributed by atoms with Gasteiger partial charge in [-0.3, -0.25) is 9.59 Å². The Kier molecular flexibility index (Phi) is 4.51. The summed E-state index contributed by atoms with van der Waals surface area (Å²) >= 11 is 1.52. The van der Waals surface area contributed by atoms with Crippen LogP contribution in [0.4, 0.5) is 4.39 Å². The van der Waals surface area contributed by atoms with Crippen LogP contribution in [-0.2, 0) is 17.9 Å². The van der Waals surface area contributed by atoms with E-state index in [4.69, 9.17) is 0 Å². The van der Waals surface area contributed by atoms with Crippen molar-refractivity contribution in [3.63, 3.8) is 0 Å². The van der Waals surface area contributed by atoms with Crippen molar-refractivity contribution in [2.45, 2.75) is 13.1 Å². The minimum absolute atomic E-state index is 0.169. The van der Waals surface area contributed by atoms with E-state index >= 15 is 0 Å². The molecule has 3 aromatic heterocycles. The summed E-state index contributed by atoms with van der Waals surface area (Å²) in [4.78, 5) is 25.6. The number of rotatable bonds is 5. The number of aromatic nitrogens is 4. The summed E-state index contributed by atoms with van der Waals surface area (Å²) in [5, 5.41) is 12.9. The third kappa shape index (κ3) is 3.63. The highest BCUT2D eigenvalue weighted by molar-refractivity contribution is 7.13. The van der Waals surface area contributed by atoms with Crippen LogP contribution in [0.3, 0.4) is 0 Å². The lowest BCUT2D eigenvalue weighted by Crippen LogP contribution is -2.34. The number of nitrogens with one attached hydrogen (secondary N) is 1. The van der Waals surface area contributed by atoms with Crippen molar-refractivity contribution >= 4 is 22.8 Å². The van der Waals surface area contributed by atoms with E-state index in [1.807, 2.05) is 17.5 Å². The van der Waals surface area contributed by atoms with Crippen molar-refractivity contribution < 1.29 is 9.18 Å². The Morgan fingerprint density at radius 1 is 1.22 bits per heavy atom. The van der Waals surface area contributed by atoms with Crippen molar-refractivity contribution in [2.75, 3.05) is 0 Å². The van der Waals surface area contributed by atoms with Crippen LogP contribution in [0.15, 0.2) is 59.0 Å². The molecule has 0 atom stereocenters. The van der Waals surface area contributed by atoms with E-state index in [1.54, 1.807) is 18.2 Å². The van der Waals surface area contributed by atoms with E-state index in [1.165, 1.54) is 34.3 Å². The molecule has 1 N–H and O–H groups in total. The van der Waals surface area contributed by atoms with E-state index in [0.717, 1.165) is 9.56 Å². The molecule has 3 heterocycles. The minimum atomic E-state index is -0.409. The van der Waals surface area contributed by atoms with Gasteiger partial charge in [0, 0.05) is 6.54 Å². The van der Waals surface area contributed by atoms with Gasteiger partial charge in [0.25, 0.3) is 5.56 Å². The fraction of sp³-hybridized carbons (Fsp3) is 0.111. The van der Waals surface area contributed by atoms with E-state index in [0.29, 0.717) is 16.8 Å². The van der Waals surface area contributed by atoms with Gasteiger partial charge in [-0.15, -0.1) is 11.3 Å². The molecule has 0 aliphatic heterocycles. The van der Waals surface area contributed by atoms with Gasteiger partial charge in [-0.2, -0.15) is 10.2 Å². The molecule has 4 aromatic rings. The van der Waals surface area contributed by atoms with E-state index < -0.39 is 11.5 Å². The molecular weight excluding hydrogens is 369 g/mol. The zero-order valence-corrected chi connectivity index (χ0v) is 14.8. The van der Waals surface area contributed by atoms with Gasteiger partial charge < -0.3 is 5.32 Å². The number of halogens is 1. The van der Waals surface area contributed by atoms with Crippen LogP contribution < -0.4 is 10.9 Å². The minimum Gasteiger partial charge on any atom is -0.350 e. The number of carbonyl (C=O) groups is 1. The Labute approximate surface area is 156 Å². The van der Waals surface area contributed by atoms with Crippen LogP contribution in [-0.4, -0.2) is 25.3 Å². The topological polar surface area (TPSA) is 81.3 Å². The van der Waals surface area contributed by atoms with E-state index in [2.05, 4.69) is 15.5 Å². The first-order chi connectivity index (χ1) is 13.1. The summed E-state index contributed by atoms with van der Waals surface area (Å²) < 4.78 is 15.6. The first kappa shape index (κ1) is 17.1. The predicted octanol–water partition coefficient (Wildman–Crippen LogP) is 2.08. The molecular formula is C18H14FN5O2S. The Morgan fingerprint density at radius 3 is 2.89 bits per heavy atom. The smallest absolute Gasteiger partial charge is 0.293 e. The summed E-state index contributed by atoms with van der Waals surface area (Å²) in [7, 11) is 0. The lowest BCUT2D eigenvalue weighted by molar-refractivity contribution is -0.122. The maximum atomic E-state index is 13.2. The molecule has 0 aliphatic carbocycles. The Balaban J connectivity index is 1.51. The largest absolute Gasteiger partial charge is 0.350 e. The summed E-state index contributed by atoms with van der Waals surface area (Å²) in [6.45, 7) is -0.0625. The number of amides is 1. The van der Waals surface area contributed by atoms with Crippen LogP contribution >= 0.6 is 11.3 Å². The number of carbonyl (C=O) groups excluding carboxylic acids is 1. The molecule has 0 saturated heterocycles. The highest BCUT2D eigenvalue weighted by Gasteiger charge is 2.12. The molecule has 0 fully saturated rings. The fourth-order valence-corrected chi connectivity index (χ4v) is 3.32. The molecule has 1 amide bonds. The zero-order valence-electron chi connectivity index (χ0n) is 14.0. The van der Waals surface area contributed by atoms with Crippen molar-refractivity contribution in [1.29, 1.82) is 0 Å². The Hall–Kier alpha value is -3.33. The lowest BCUT2D eigenvalue weighted by Gasteiger charge is -2.07. The van der Waals surface area contributed by atoms with Crippen molar-refractivity contribution in [2.24, 2.45) is 0 Å². The number of benzene rings is 1. The molecule has 0 radical (unpaired) electrons. The third-order valence-electron chi connectivity index (χ3n) is 3.94. The van der Waals surface area contributed by atoms with Gasteiger partial charge in [0.15, 0.2) is 0 Å². The number of nitrogens with zero attached hydrogens (tertiary/aromatic N) is 4. The standard InChI is InChI=1S/C18H14FN5O2S/c19-13-4-1-3-12(7-13)9-20-17(25)10-23-18(26)15-8-14(16-5-2-6-27-16)22-24(15)11-21-23/h1-8,11H,9-10H2,(H,20,25). The quantitative estimate of drug-likeness (QED) is 0.572. The van der Waals surface area contributed by atoms with Crippen LogP contribution in [0.2, 0.25) is 0 Å². The molecule has 0 aliphatic rings. The number of thiophene rings is 1. The highest BCUT2D eigenvalue weighted by Crippen LogP contribution is 2.23. The van der Waals surface area contributed by atoms with Crippen molar-refractivity contribution in [3.8, 4) is 10.6 Å². The van der Waals surface area contributed by atoms with Gasteiger partial charge in [0.05, 0.1) is 4.88 Å². The molecule has 27 heavy (non-hydrogen) atoms. The Bertz CT molecular complexity index is 1170. The summed E-state index contributed by atoms with van der Waals surface area (Å²) in [5.41, 5.74) is 1.24. The first-order valence-electron chi connectivity index (χ1n) is 8.11. The van der Waals surface area contributed by atoms with Gasteiger partial charge in [-0.25, -0.2) is 13.6 Å². The maximum Gasteiger partial charge on any atom is 0.293 e. The second-order valence-corrected chi connectivity index (χ2v) is 6.78. The van der Waals surface area contributed by atoms with Crippen molar-refractivity contribution in [1.82, 2.24) is 24.7 Å². The second kappa shape index (κ2) is 7.12. The summed E-state index contributed by atoms with van der Waals surface area (Å²) in [6.07, 6.45) is 1.40. The van der Waals surface area contributed by atoms with Gasteiger partial charge in [0.2, 0.25) is 5.91 Å². The molecule has 1 aromatic carbocycles. The zero-order chi connectivity index (χ0) is 18.8. The highest BCUT2D eigenvalue weighted by atomic mass is 32.1. The fourth-order valence-electron chi connectivity index (χ4n) is 2.63. The second-order valence-electron chi connectivity index (χ2n) is 5.84. The molecule has 136 valence electrons. The molecule has 0 saturated carbocycles. The molecule has 7 nitrogen and oxygen atoms in total. The SMILES string of the molecule is O=C(Cn1ncn2nc(-c3cccs3)cc2c1=O)NCc1cccc(F)c1.